The molecule has 0 aliphatic carbocycles. The predicted octanol–water partition coefficient (Wildman–Crippen LogP) is 4.52. The smallest absolute Gasteiger partial charge is 0.253 e. The molecule has 1 unspecified atom stereocenters. The van der Waals surface area contributed by atoms with Crippen LogP contribution in [0.25, 0.3) is 0 Å². The van der Waals surface area contributed by atoms with Crippen molar-refractivity contribution >= 4 is 23.4 Å². The van der Waals surface area contributed by atoms with Crippen LogP contribution in [0.5, 0.6) is 0 Å². The lowest BCUT2D eigenvalue weighted by molar-refractivity contribution is -0.121. The average Bonchev–Trinajstić information content (AvgIpc) is 2.73. The molecule has 2 N–H and O–H groups in total. The third-order valence-corrected chi connectivity index (χ3v) is 4.68. The number of benzene rings is 3. The molecule has 3 rings (SSSR count). The first kappa shape index (κ1) is 19.6. The van der Waals surface area contributed by atoms with Crippen molar-refractivity contribution in [2.45, 2.75) is 19.0 Å². The number of hydrogen-bond acceptors (Lipinski definition) is 2. The molecule has 3 aromatic carbocycles. The van der Waals surface area contributed by atoms with E-state index in [1.807, 2.05) is 60.7 Å². The molecule has 3 aromatic rings. The third-order valence-electron chi connectivity index (χ3n) is 4.35. The first-order valence-electron chi connectivity index (χ1n) is 9.04. The molecule has 0 aromatic heterocycles. The van der Waals surface area contributed by atoms with E-state index in [1.165, 1.54) is 0 Å². The van der Waals surface area contributed by atoms with Crippen LogP contribution in [0.3, 0.4) is 0 Å². The Morgan fingerprint density at radius 3 is 2.11 bits per heavy atom. The Morgan fingerprint density at radius 2 is 1.43 bits per heavy atom. The summed E-state index contributed by atoms with van der Waals surface area (Å²) in [6.45, 7) is 0.444. The maximum absolute atomic E-state index is 12.7. The van der Waals surface area contributed by atoms with Crippen molar-refractivity contribution in [2.75, 3.05) is 0 Å². The van der Waals surface area contributed by atoms with Crippen molar-refractivity contribution in [3.8, 4) is 0 Å². The van der Waals surface area contributed by atoms with Crippen LogP contribution in [0.15, 0.2) is 84.9 Å². The van der Waals surface area contributed by atoms with E-state index >= 15 is 0 Å². The SMILES string of the molecule is O=C(CC(NC(=O)c1ccccc1Cl)c1ccccc1)NCc1ccccc1. The van der Waals surface area contributed by atoms with Gasteiger partial charge in [0.05, 0.1) is 23.0 Å². The Kier molecular flexibility index (Phi) is 6.82. The molecular formula is C23H21ClN2O2. The van der Waals surface area contributed by atoms with Gasteiger partial charge in [0.1, 0.15) is 0 Å². The van der Waals surface area contributed by atoms with E-state index in [1.54, 1.807) is 24.3 Å². The number of amides is 2. The van der Waals surface area contributed by atoms with Gasteiger partial charge < -0.3 is 10.6 Å². The highest BCUT2D eigenvalue weighted by molar-refractivity contribution is 6.33. The molecule has 0 heterocycles. The average molecular weight is 393 g/mol. The number of halogens is 1. The van der Waals surface area contributed by atoms with E-state index in [0.717, 1.165) is 11.1 Å². The van der Waals surface area contributed by atoms with Crippen LogP contribution < -0.4 is 10.6 Å². The van der Waals surface area contributed by atoms with Gasteiger partial charge in [-0.25, -0.2) is 0 Å². The Balaban J connectivity index is 1.70. The number of nitrogens with one attached hydrogen (secondary N) is 2. The molecule has 2 amide bonds. The highest BCUT2D eigenvalue weighted by atomic mass is 35.5. The summed E-state index contributed by atoms with van der Waals surface area (Å²) in [7, 11) is 0. The molecule has 1 atom stereocenters. The summed E-state index contributed by atoms with van der Waals surface area (Å²) in [5, 5.41) is 6.22. The molecule has 0 aliphatic heterocycles. The molecule has 0 bridgehead atoms. The molecule has 0 saturated carbocycles. The van der Waals surface area contributed by atoms with Gasteiger partial charge in [-0.15, -0.1) is 0 Å². The van der Waals surface area contributed by atoms with Crippen molar-refractivity contribution in [3.05, 3.63) is 107 Å². The molecule has 0 radical (unpaired) electrons. The van der Waals surface area contributed by atoms with Crippen LogP contribution in [0.4, 0.5) is 0 Å². The number of hydrogen-bond donors (Lipinski definition) is 2. The van der Waals surface area contributed by atoms with E-state index in [9.17, 15) is 9.59 Å². The second kappa shape index (κ2) is 9.72. The molecule has 0 spiro atoms. The fourth-order valence-electron chi connectivity index (χ4n) is 2.87. The lowest BCUT2D eigenvalue weighted by Gasteiger charge is -2.19. The van der Waals surface area contributed by atoms with E-state index in [4.69, 9.17) is 11.6 Å². The highest BCUT2D eigenvalue weighted by Gasteiger charge is 2.20. The molecule has 4 nitrogen and oxygen atoms in total. The number of carbonyl (C=O) groups is 2. The van der Waals surface area contributed by atoms with Crippen LogP contribution in [-0.4, -0.2) is 11.8 Å². The van der Waals surface area contributed by atoms with E-state index in [-0.39, 0.29) is 18.2 Å². The van der Waals surface area contributed by atoms with Crippen molar-refractivity contribution in [2.24, 2.45) is 0 Å². The third kappa shape index (κ3) is 5.44. The lowest BCUT2D eigenvalue weighted by Crippen LogP contribution is -2.33. The number of rotatable bonds is 7. The lowest BCUT2D eigenvalue weighted by atomic mass is 10.0. The van der Waals surface area contributed by atoms with Crippen molar-refractivity contribution in [1.29, 1.82) is 0 Å². The fraction of sp³-hybridized carbons (Fsp3) is 0.130. The Morgan fingerprint density at radius 1 is 0.821 bits per heavy atom. The minimum atomic E-state index is -0.458. The normalized spacial score (nSPS) is 11.5. The van der Waals surface area contributed by atoms with Crippen LogP contribution >= 0.6 is 11.6 Å². The van der Waals surface area contributed by atoms with Gasteiger partial charge in [-0.05, 0) is 23.3 Å². The van der Waals surface area contributed by atoms with Gasteiger partial charge in [0, 0.05) is 6.54 Å². The monoisotopic (exact) mass is 392 g/mol. The minimum absolute atomic E-state index is 0.132. The quantitative estimate of drug-likeness (QED) is 0.621. The second-order valence-corrected chi connectivity index (χ2v) is 6.79. The molecule has 0 fully saturated rings. The summed E-state index contributed by atoms with van der Waals surface area (Å²) >= 11 is 6.13. The fourth-order valence-corrected chi connectivity index (χ4v) is 3.09. The predicted molar refractivity (Wildman–Crippen MR) is 111 cm³/mol. The van der Waals surface area contributed by atoms with Crippen LogP contribution in [-0.2, 0) is 11.3 Å². The summed E-state index contributed by atoms with van der Waals surface area (Å²) in [6.07, 6.45) is 0.132. The van der Waals surface area contributed by atoms with Gasteiger partial charge in [-0.3, -0.25) is 9.59 Å². The Bertz CT molecular complexity index is 930. The summed E-state index contributed by atoms with van der Waals surface area (Å²) in [6, 6.07) is 25.5. The van der Waals surface area contributed by atoms with Gasteiger partial charge in [-0.2, -0.15) is 0 Å². The molecule has 0 saturated heterocycles. The molecular weight excluding hydrogens is 372 g/mol. The molecule has 28 heavy (non-hydrogen) atoms. The molecule has 142 valence electrons. The van der Waals surface area contributed by atoms with Crippen LogP contribution in [0.2, 0.25) is 5.02 Å². The Hall–Kier alpha value is -3.11. The number of carbonyl (C=O) groups excluding carboxylic acids is 2. The summed E-state index contributed by atoms with van der Waals surface area (Å²) in [5.41, 5.74) is 2.26. The van der Waals surface area contributed by atoms with Gasteiger partial charge in [0.25, 0.3) is 5.91 Å². The zero-order valence-electron chi connectivity index (χ0n) is 15.3. The van der Waals surface area contributed by atoms with Crippen LogP contribution in [0.1, 0.15) is 33.9 Å². The standard InChI is InChI=1S/C23H21ClN2O2/c24-20-14-8-7-13-19(20)23(28)26-21(18-11-5-2-6-12-18)15-22(27)25-16-17-9-3-1-4-10-17/h1-14,21H,15-16H2,(H,25,27)(H,26,28). The topological polar surface area (TPSA) is 58.2 Å². The zero-order valence-corrected chi connectivity index (χ0v) is 16.0. The van der Waals surface area contributed by atoms with Crippen molar-refractivity contribution in [1.82, 2.24) is 10.6 Å². The van der Waals surface area contributed by atoms with Gasteiger partial charge >= 0.3 is 0 Å². The van der Waals surface area contributed by atoms with Crippen molar-refractivity contribution in [3.63, 3.8) is 0 Å². The molecule has 5 heteroatoms. The van der Waals surface area contributed by atoms with Gasteiger partial charge in [0.2, 0.25) is 5.91 Å². The Labute approximate surface area is 169 Å². The first-order chi connectivity index (χ1) is 13.6. The molecule has 0 aliphatic rings. The van der Waals surface area contributed by atoms with E-state index in [2.05, 4.69) is 10.6 Å². The minimum Gasteiger partial charge on any atom is -0.352 e. The summed E-state index contributed by atoms with van der Waals surface area (Å²) in [5.74, 6) is -0.451. The van der Waals surface area contributed by atoms with E-state index < -0.39 is 6.04 Å². The first-order valence-corrected chi connectivity index (χ1v) is 9.42. The maximum atomic E-state index is 12.7. The second-order valence-electron chi connectivity index (χ2n) is 6.38. The van der Waals surface area contributed by atoms with E-state index in [0.29, 0.717) is 17.1 Å². The zero-order chi connectivity index (χ0) is 19.8. The summed E-state index contributed by atoms with van der Waals surface area (Å²) in [4.78, 5) is 25.2. The van der Waals surface area contributed by atoms with Gasteiger partial charge in [-0.1, -0.05) is 84.4 Å². The van der Waals surface area contributed by atoms with Crippen LogP contribution in [0, 0.1) is 0 Å². The van der Waals surface area contributed by atoms with Crippen molar-refractivity contribution < 1.29 is 9.59 Å². The maximum Gasteiger partial charge on any atom is 0.253 e. The van der Waals surface area contributed by atoms with Gasteiger partial charge in [0.15, 0.2) is 0 Å². The highest BCUT2D eigenvalue weighted by Crippen LogP contribution is 2.20. The summed E-state index contributed by atoms with van der Waals surface area (Å²) < 4.78 is 0. The largest absolute Gasteiger partial charge is 0.352 e.